The maximum Gasteiger partial charge on any atom is 0.162 e. The third-order valence-corrected chi connectivity index (χ3v) is 6.34. The molecule has 0 aliphatic carbocycles. The van der Waals surface area contributed by atoms with E-state index in [9.17, 15) is 0 Å². The van der Waals surface area contributed by atoms with E-state index in [1.807, 2.05) is 10.6 Å². The summed E-state index contributed by atoms with van der Waals surface area (Å²) in [7, 11) is 1.72. The third-order valence-electron chi connectivity index (χ3n) is 6.34. The summed E-state index contributed by atoms with van der Waals surface area (Å²) < 4.78 is 7.34. The van der Waals surface area contributed by atoms with Crippen molar-refractivity contribution >= 4 is 11.5 Å². The number of aromatic nitrogens is 3. The molecule has 0 amide bonds. The SMILES string of the molecule is COc1cccc(CN2CCc3nn4ccc(N5CCC(C)CC5)nc4c3C2)c1. The zero-order valence-electron chi connectivity index (χ0n) is 17.3. The van der Waals surface area contributed by atoms with Crippen LogP contribution < -0.4 is 9.64 Å². The maximum absolute atomic E-state index is 5.38. The van der Waals surface area contributed by atoms with Crippen molar-refractivity contribution in [3.63, 3.8) is 0 Å². The van der Waals surface area contributed by atoms with E-state index in [-0.39, 0.29) is 0 Å². The Morgan fingerprint density at radius 1 is 1.14 bits per heavy atom. The molecule has 0 saturated carbocycles. The first-order valence-electron chi connectivity index (χ1n) is 10.7. The summed E-state index contributed by atoms with van der Waals surface area (Å²) >= 11 is 0. The number of nitrogens with zero attached hydrogens (tertiary/aromatic N) is 5. The number of piperidine rings is 1. The molecule has 152 valence electrons. The van der Waals surface area contributed by atoms with Crippen LogP contribution in [0.3, 0.4) is 0 Å². The van der Waals surface area contributed by atoms with Crippen molar-refractivity contribution < 1.29 is 4.74 Å². The first kappa shape index (κ1) is 18.4. The van der Waals surface area contributed by atoms with E-state index in [2.05, 4.69) is 47.2 Å². The molecule has 3 aromatic rings. The summed E-state index contributed by atoms with van der Waals surface area (Å²) in [5.41, 5.74) is 4.78. The van der Waals surface area contributed by atoms with Crippen molar-refractivity contribution in [2.24, 2.45) is 5.92 Å². The topological polar surface area (TPSA) is 45.9 Å². The van der Waals surface area contributed by atoms with Crippen LogP contribution in [0, 0.1) is 5.92 Å². The number of hydrogen-bond acceptors (Lipinski definition) is 5. The fourth-order valence-corrected chi connectivity index (χ4v) is 4.52. The van der Waals surface area contributed by atoms with Gasteiger partial charge in [0.15, 0.2) is 5.65 Å². The van der Waals surface area contributed by atoms with E-state index < -0.39 is 0 Å². The molecule has 1 aromatic carbocycles. The predicted molar refractivity (Wildman–Crippen MR) is 114 cm³/mol. The number of benzene rings is 1. The number of fused-ring (bicyclic) bond motifs is 3. The molecule has 2 aliphatic rings. The fourth-order valence-electron chi connectivity index (χ4n) is 4.52. The Morgan fingerprint density at radius 3 is 2.83 bits per heavy atom. The summed E-state index contributed by atoms with van der Waals surface area (Å²) in [4.78, 5) is 9.95. The molecule has 29 heavy (non-hydrogen) atoms. The number of methoxy groups -OCH3 is 1. The second-order valence-electron chi connectivity index (χ2n) is 8.46. The largest absolute Gasteiger partial charge is 0.497 e. The van der Waals surface area contributed by atoms with Crippen LogP contribution in [0.25, 0.3) is 5.65 Å². The van der Waals surface area contributed by atoms with Gasteiger partial charge in [0.1, 0.15) is 11.6 Å². The quantitative estimate of drug-likeness (QED) is 0.681. The average Bonchev–Trinajstić information content (AvgIpc) is 3.12. The highest BCUT2D eigenvalue weighted by molar-refractivity contribution is 5.56. The van der Waals surface area contributed by atoms with Crippen LogP contribution in [0.4, 0.5) is 5.82 Å². The van der Waals surface area contributed by atoms with Gasteiger partial charge in [0, 0.05) is 50.9 Å². The number of hydrogen-bond donors (Lipinski definition) is 0. The van der Waals surface area contributed by atoms with Gasteiger partial charge in [0.05, 0.1) is 12.8 Å². The minimum atomic E-state index is 0.822. The average molecular weight is 392 g/mol. The Hall–Kier alpha value is -2.60. The van der Waals surface area contributed by atoms with Crippen LogP contribution in [0.2, 0.25) is 0 Å². The van der Waals surface area contributed by atoms with E-state index in [1.165, 1.54) is 29.7 Å². The highest BCUT2D eigenvalue weighted by Gasteiger charge is 2.24. The van der Waals surface area contributed by atoms with Crippen molar-refractivity contribution in [2.75, 3.05) is 31.6 Å². The molecule has 2 aromatic heterocycles. The lowest BCUT2D eigenvalue weighted by molar-refractivity contribution is 0.245. The van der Waals surface area contributed by atoms with Crippen LogP contribution in [0.1, 0.15) is 36.6 Å². The van der Waals surface area contributed by atoms with Gasteiger partial charge in [-0.25, -0.2) is 9.50 Å². The van der Waals surface area contributed by atoms with E-state index in [4.69, 9.17) is 14.8 Å². The van der Waals surface area contributed by atoms with Gasteiger partial charge in [-0.3, -0.25) is 4.90 Å². The molecule has 1 fully saturated rings. The normalized spacial score (nSPS) is 18.2. The Labute approximate surface area is 172 Å². The molecule has 0 radical (unpaired) electrons. The second-order valence-corrected chi connectivity index (χ2v) is 8.46. The van der Waals surface area contributed by atoms with Crippen molar-refractivity contribution in [2.45, 2.75) is 39.3 Å². The summed E-state index contributed by atoms with van der Waals surface area (Å²) in [6.45, 7) is 7.37. The Bertz CT molecular complexity index is 1010. The van der Waals surface area contributed by atoms with Gasteiger partial charge in [-0.1, -0.05) is 19.1 Å². The Kier molecular flexibility index (Phi) is 4.87. The molecule has 0 atom stereocenters. The lowest BCUT2D eigenvalue weighted by atomic mass is 9.99. The molecule has 5 rings (SSSR count). The number of ether oxygens (including phenoxy) is 1. The van der Waals surface area contributed by atoms with E-state index >= 15 is 0 Å². The lowest BCUT2D eigenvalue weighted by Crippen LogP contribution is -2.33. The van der Waals surface area contributed by atoms with Crippen LogP contribution in [-0.4, -0.2) is 46.2 Å². The zero-order chi connectivity index (χ0) is 19.8. The maximum atomic E-state index is 5.38. The molecular formula is C23H29N5O. The fraction of sp³-hybridized carbons (Fsp3) is 0.478. The van der Waals surface area contributed by atoms with Crippen molar-refractivity contribution in [1.82, 2.24) is 19.5 Å². The van der Waals surface area contributed by atoms with Crippen LogP contribution in [-0.2, 0) is 19.5 Å². The van der Waals surface area contributed by atoms with Crippen molar-refractivity contribution in [1.29, 1.82) is 0 Å². The van der Waals surface area contributed by atoms with E-state index in [1.54, 1.807) is 7.11 Å². The van der Waals surface area contributed by atoms with E-state index in [0.717, 1.165) is 62.3 Å². The molecule has 6 nitrogen and oxygen atoms in total. The van der Waals surface area contributed by atoms with Gasteiger partial charge >= 0.3 is 0 Å². The Morgan fingerprint density at radius 2 is 2.00 bits per heavy atom. The smallest absolute Gasteiger partial charge is 0.162 e. The molecular weight excluding hydrogens is 362 g/mol. The summed E-state index contributed by atoms with van der Waals surface area (Å²) in [6.07, 6.45) is 5.55. The molecule has 1 saturated heterocycles. The standard InChI is InChI=1S/C23H29N5O/c1-17-6-11-27(12-7-17)22-9-13-28-23(24-22)20-16-26(10-8-21(20)25-28)15-18-4-3-5-19(14-18)29-2/h3-5,9,13-14,17H,6-8,10-12,15-16H2,1-2H3. The van der Waals surface area contributed by atoms with Crippen molar-refractivity contribution in [3.8, 4) is 5.75 Å². The van der Waals surface area contributed by atoms with Gasteiger partial charge in [0.2, 0.25) is 0 Å². The highest BCUT2D eigenvalue weighted by Crippen LogP contribution is 2.27. The number of anilines is 1. The van der Waals surface area contributed by atoms with Crippen LogP contribution in [0.15, 0.2) is 36.5 Å². The second kappa shape index (κ2) is 7.67. The molecule has 0 bridgehead atoms. The van der Waals surface area contributed by atoms with E-state index in [0.29, 0.717) is 0 Å². The molecule has 4 heterocycles. The first-order chi connectivity index (χ1) is 14.2. The lowest BCUT2D eigenvalue weighted by Gasteiger charge is -2.31. The molecule has 2 aliphatic heterocycles. The highest BCUT2D eigenvalue weighted by atomic mass is 16.5. The zero-order valence-corrected chi connectivity index (χ0v) is 17.3. The monoisotopic (exact) mass is 391 g/mol. The number of rotatable bonds is 4. The van der Waals surface area contributed by atoms with Gasteiger partial charge in [0.25, 0.3) is 0 Å². The predicted octanol–water partition coefficient (Wildman–Crippen LogP) is 3.53. The summed E-state index contributed by atoms with van der Waals surface area (Å²) in [5.74, 6) is 2.83. The Balaban J connectivity index is 1.38. The molecule has 0 unspecified atom stereocenters. The van der Waals surface area contributed by atoms with Crippen molar-refractivity contribution in [3.05, 3.63) is 53.3 Å². The molecule has 6 heteroatoms. The van der Waals surface area contributed by atoms with Gasteiger partial charge in [-0.05, 0) is 42.5 Å². The first-order valence-corrected chi connectivity index (χ1v) is 10.7. The minimum Gasteiger partial charge on any atom is -0.497 e. The molecule has 0 spiro atoms. The van der Waals surface area contributed by atoms with Crippen LogP contribution in [0.5, 0.6) is 5.75 Å². The third kappa shape index (κ3) is 3.69. The van der Waals surface area contributed by atoms with Gasteiger partial charge < -0.3 is 9.64 Å². The summed E-state index contributed by atoms with van der Waals surface area (Å²) in [6, 6.07) is 10.5. The minimum absolute atomic E-state index is 0.822. The van der Waals surface area contributed by atoms with Gasteiger partial charge in [-0.2, -0.15) is 5.10 Å². The molecule has 0 N–H and O–H groups in total. The summed E-state index contributed by atoms with van der Waals surface area (Å²) in [5, 5.41) is 4.81. The van der Waals surface area contributed by atoms with Crippen LogP contribution >= 0.6 is 0 Å². The van der Waals surface area contributed by atoms with Gasteiger partial charge in [-0.15, -0.1) is 0 Å².